The Morgan fingerprint density at radius 2 is 1.86 bits per heavy atom. The summed E-state index contributed by atoms with van der Waals surface area (Å²) in [5.74, 6) is -1.96. The van der Waals surface area contributed by atoms with Crippen LogP contribution in [0, 0.1) is 5.82 Å². The van der Waals surface area contributed by atoms with Gasteiger partial charge in [0.15, 0.2) is 11.6 Å². The summed E-state index contributed by atoms with van der Waals surface area (Å²) >= 11 is 0. The highest BCUT2D eigenvalue weighted by atomic mass is 19.1. The van der Waals surface area contributed by atoms with E-state index >= 15 is 0 Å². The third kappa shape index (κ3) is 4.07. The van der Waals surface area contributed by atoms with Crippen LogP contribution < -0.4 is 10.5 Å². The van der Waals surface area contributed by atoms with E-state index in [1.165, 1.54) is 12.1 Å². The zero-order chi connectivity index (χ0) is 20.7. The number of halogens is 1. The Morgan fingerprint density at radius 1 is 1.17 bits per heavy atom. The molecule has 1 aliphatic heterocycles. The second-order valence-electron chi connectivity index (χ2n) is 8.12. The lowest BCUT2D eigenvalue weighted by atomic mass is 10.1. The Balaban J connectivity index is 1.59. The van der Waals surface area contributed by atoms with Crippen LogP contribution in [0.5, 0.6) is 5.75 Å². The van der Waals surface area contributed by atoms with E-state index in [9.17, 15) is 14.0 Å². The second kappa shape index (κ2) is 7.67. The molecule has 0 radical (unpaired) electrons. The summed E-state index contributed by atoms with van der Waals surface area (Å²) in [6.07, 6.45) is 3.03. The molecule has 8 heteroatoms. The normalized spacial score (nSPS) is 18.3. The molecule has 0 spiro atoms. The first-order valence-electron chi connectivity index (χ1n) is 10.1. The molecule has 1 amide bonds. The number of esters is 1. The third-order valence-electron chi connectivity index (χ3n) is 5.60. The monoisotopic (exact) mass is 403 g/mol. The van der Waals surface area contributed by atoms with Crippen molar-refractivity contribution in [3.8, 4) is 5.75 Å². The van der Waals surface area contributed by atoms with E-state index in [2.05, 4.69) is 23.7 Å². The number of carbonyl (C=O) groups is 2. The number of fused-ring (bicyclic) bond motifs is 1. The first kappa shape index (κ1) is 19.7. The minimum atomic E-state index is -0.812. The van der Waals surface area contributed by atoms with E-state index in [1.807, 2.05) is 0 Å². The molecule has 1 saturated heterocycles. The van der Waals surface area contributed by atoms with Crippen LogP contribution in [-0.2, 0) is 4.74 Å². The molecule has 2 aromatic rings. The maximum atomic E-state index is 14.7. The van der Waals surface area contributed by atoms with Crippen molar-refractivity contribution in [1.29, 1.82) is 0 Å². The summed E-state index contributed by atoms with van der Waals surface area (Å²) in [6.45, 7) is 6.11. The van der Waals surface area contributed by atoms with Crippen molar-refractivity contribution in [2.45, 2.75) is 57.8 Å². The zero-order valence-corrected chi connectivity index (χ0v) is 16.7. The number of nitrogens with two attached hydrogens (primary N) is 1. The molecular weight excluding hydrogens is 377 g/mol. The minimum Gasteiger partial charge on any atom is -0.487 e. The molecule has 1 aliphatic carbocycles. The SMILES string of the molecule is CC(C)N1CCC(Oc2cc3[nH]c(C(=O)OC4CC4)c(C(N)=O)c3cc2F)CC1. The van der Waals surface area contributed by atoms with Crippen molar-refractivity contribution in [3.63, 3.8) is 0 Å². The highest BCUT2D eigenvalue weighted by Crippen LogP contribution is 2.32. The number of likely N-dealkylation sites (tertiary alicyclic amines) is 1. The fraction of sp³-hybridized carbons (Fsp3) is 0.524. The number of hydrogen-bond acceptors (Lipinski definition) is 5. The summed E-state index contributed by atoms with van der Waals surface area (Å²) in [4.78, 5) is 29.5. The van der Waals surface area contributed by atoms with E-state index in [-0.39, 0.29) is 34.6 Å². The van der Waals surface area contributed by atoms with Gasteiger partial charge in [-0.05, 0) is 45.6 Å². The van der Waals surface area contributed by atoms with Crippen LogP contribution in [0.3, 0.4) is 0 Å². The number of nitrogens with zero attached hydrogens (tertiary/aromatic N) is 1. The molecule has 2 heterocycles. The average Bonchev–Trinajstić information content (AvgIpc) is 3.40. The molecule has 1 saturated carbocycles. The molecule has 4 rings (SSSR count). The smallest absolute Gasteiger partial charge is 0.355 e. The molecule has 29 heavy (non-hydrogen) atoms. The molecule has 156 valence electrons. The first-order chi connectivity index (χ1) is 13.8. The average molecular weight is 403 g/mol. The number of nitrogens with one attached hydrogen (secondary N) is 1. The van der Waals surface area contributed by atoms with Gasteiger partial charge in [0.1, 0.15) is 17.9 Å². The van der Waals surface area contributed by atoms with Gasteiger partial charge < -0.3 is 25.1 Å². The fourth-order valence-corrected chi connectivity index (χ4v) is 3.78. The number of hydrogen-bond donors (Lipinski definition) is 2. The summed E-state index contributed by atoms with van der Waals surface area (Å²) in [7, 11) is 0. The Labute approximate surface area is 168 Å². The Bertz CT molecular complexity index is 943. The summed E-state index contributed by atoms with van der Waals surface area (Å²) in [5.41, 5.74) is 5.78. The number of aromatic nitrogens is 1. The second-order valence-corrected chi connectivity index (χ2v) is 8.12. The van der Waals surface area contributed by atoms with Gasteiger partial charge in [0.05, 0.1) is 11.1 Å². The summed E-state index contributed by atoms with van der Waals surface area (Å²) in [5, 5.41) is 0.250. The lowest BCUT2D eigenvalue weighted by Crippen LogP contribution is -2.41. The van der Waals surface area contributed by atoms with Crippen molar-refractivity contribution in [1.82, 2.24) is 9.88 Å². The molecule has 3 N–H and O–H groups in total. The number of H-pyrrole nitrogens is 1. The standard InChI is InChI=1S/C21H26FN3O4/c1-11(2)25-7-5-13(6-8-25)28-17-10-16-14(9-15(17)22)18(20(23)26)19(24-16)21(27)29-12-3-4-12/h9-13,24H,3-8H2,1-2H3,(H2,23,26). The third-order valence-corrected chi connectivity index (χ3v) is 5.60. The number of benzene rings is 1. The van der Waals surface area contributed by atoms with Crippen molar-refractivity contribution in [3.05, 3.63) is 29.2 Å². The summed E-state index contributed by atoms with van der Waals surface area (Å²) in [6, 6.07) is 3.15. The maximum absolute atomic E-state index is 14.7. The fourth-order valence-electron chi connectivity index (χ4n) is 3.78. The van der Waals surface area contributed by atoms with E-state index in [1.54, 1.807) is 0 Å². The van der Waals surface area contributed by atoms with E-state index in [4.69, 9.17) is 15.2 Å². The van der Waals surface area contributed by atoms with E-state index in [0.717, 1.165) is 38.8 Å². The Kier molecular flexibility index (Phi) is 5.21. The van der Waals surface area contributed by atoms with Gasteiger partial charge in [-0.15, -0.1) is 0 Å². The Morgan fingerprint density at radius 3 is 2.45 bits per heavy atom. The zero-order valence-electron chi connectivity index (χ0n) is 16.7. The number of piperidine rings is 1. The first-order valence-corrected chi connectivity index (χ1v) is 10.1. The summed E-state index contributed by atoms with van der Waals surface area (Å²) < 4.78 is 25.9. The number of aromatic amines is 1. The molecule has 2 aliphatic rings. The highest BCUT2D eigenvalue weighted by Gasteiger charge is 2.31. The topological polar surface area (TPSA) is 97.7 Å². The van der Waals surface area contributed by atoms with Gasteiger partial charge in [0.25, 0.3) is 5.91 Å². The van der Waals surface area contributed by atoms with Crippen LogP contribution in [-0.4, -0.2) is 53.1 Å². The quantitative estimate of drug-likeness (QED) is 0.723. The van der Waals surface area contributed by atoms with Crippen LogP contribution in [0.4, 0.5) is 4.39 Å². The van der Waals surface area contributed by atoms with Gasteiger partial charge in [-0.25, -0.2) is 9.18 Å². The number of ether oxygens (including phenoxy) is 2. The molecular formula is C21H26FN3O4. The Hall–Kier alpha value is -2.61. The van der Waals surface area contributed by atoms with Gasteiger partial charge >= 0.3 is 5.97 Å². The highest BCUT2D eigenvalue weighted by molar-refractivity contribution is 6.14. The van der Waals surface area contributed by atoms with Gasteiger partial charge in [0, 0.05) is 30.6 Å². The number of rotatable bonds is 6. The van der Waals surface area contributed by atoms with Crippen LogP contribution in [0.25, 0.3) is 10.9 Å². The van der Waals surface area contributed by atoms with Crippen molar-refractivity contribution in [2.75, 3.05) is 13.1 Å². The van der Waals surface area contributed by atoms with Gasteiger partial charge in [-0.3, -0.25) is 4.79 Å². The van der Waals surface area contributed by atoms with E-state index in [0.29, 0.717) is 11.6 Å². The van der Waals surface area contributed by atoms with Crippen LogP contribution in [0.2, 0.25) is 0 Å². The molecule has 1 aromatic carbocycles. The number of carbonyl (C=O) groups excluding carboxylic acids is 2. The van der Waals surface area contributed by atoms with Gasteiger partial charge in [-0.2, -0.15) is 0 Å². The van der Waals surface area contributed by atoms with E-state index < -0.39 is 17.7 Å². The largest absolute Gasteiger partial charge is 0.487 e. The molecule has 1 aromatic heterocycles. The van der Waals surface area contributed by atoms with Crippen molar-refractivity contribution >= 4 is 22.8 Å². The molecule has 7 nitrogen and oxygen atoms in total. The lowest BCUT2D eigenvalue weighted by Gasteiger charge is -2.34. The van der Waals surface area contributed by atoms with Crippen molar-refractivity contribution < 1.29 is 23.5 Å². The predicted molar refractivity (Wildman–Crippen MR) is 106 cm³/mol. The molecule has 0 atom stereocenters. The predicted octanol–water partition coefficient (Wildman–Crippen LogP) is 2.98. The van der Waals surface area contributed by atoms with Crippen LogP contribution in [0.1, 0.15) is 60.4 Å². The van der Waals surface area contributed by atoms with Gasteiger partial charge in [0.2, 0.25) is 0 Å². The molecule has 0 bridgehead atoms. The van der Waals surface area contributed by atoms with Crippen LogP contribution >= 0.6 is 0 Å². The molecule has 2 fully saturated rings. The number of primary amides is 1. The van der Waals surface area contributed by atoms with Crippen molar-refractivity contribution in [2.24, 2.45) is 5.73 Å². The lowest BCUT2D eigenvalue weighted by molar-refractivity contribution is 0.0463. The van der Waals surface area contributed by atoms with Gasteiger partial charge in [-0.1, -0.05) is 0 Å². The maximum Gasteiger partial charge on any atom is 0.355 e. The minimum absolute atomic E-state index is 0.0406. The van der Waals surface area contributed by atoms with Crippen LogP contribution in [0.15, 0.2) is 12.1 Å². The number of amides is 1. The molecule has 0 unspecified atom stereocenters.